The maximum Gasteiger partial charge on any atom is 0.271 e. The molecular weight excluding hydrogens is 490 g/mol. The van der Waals surface area contributed by atoms with E-state index in [1.165, 1.54) is 22.7 Å². The van der Waals surface area contributed by atoms with Gasteiger partial charge < -0.3 is 5.32 Å². The van der Waals surface area contributed by atoms with Crippen LogP contribution in [-0.4, -0.2) is 20.3 Å². The molecule has 0 aliphatic carbocycles. The maximum atomic E-state index is 13.8. The Morgan fingerprint density at radius 2 is 1.92 bits per heavy atom. The van der Waals surface area contributed by atoms with E-state index in [0.29, 0.717) is 20.6 Å². The molecule has 1 N–H and O–H groups in total. The van der Waals surface area contributed by atoms with E-state index in [2.05, 4.69) is 10.4 Å². The number of hydrogen-bond acceptors (Lipinski definition) is 6. The van der Waals surface area contributed by atoms with Crippen LogP contribution in [0.15, 0.2) is 62.8 Å². The van der Waals surface area contributed by atoms with Crippen LogP contribution in [0.3, 0.4) is 0 Å². The Labute approximate surface area is 216 Å². The smallest absolute Gasteiger partial charge is 0.271 e. The molecule has 1 aliphatic rings. The molecular formula is C27H27N5O2S2. The average molecular weight is 518 g/mol. The van der Waals surface area contributed by atoms with Crippen LogP contribution >= 0.6 is 22.7 Å². The van der Waals surface area contributed by atoms with Gasteiger partial charge in [-0.2, -0.15) is 5.10 Å². The summed E-state index contributed by atoms with van der Waals surface area (Å²) in [6, 6.07) is 11.0. The van der Waals surface area contributed by atoms with Gasteiger partial charge in [-0.05, 0) is 63.8 Å². The summed E-state index contributed by atoms with van der Waals surface area (Å²) >= 11 is 2.87. The number of benzene rings is 1. The van der Waals surface area contributed by atoms with Crippen molar-refractivity contribution in [3.8, 4) is 0 Å². The number of nitrogens with one attached hydrogen (secondary N) is 1. The van der Waals surface area contributed by atoms with E-state index in [9.17, 15) is 9.59 Å². The second-order valence-electron chi connectivity index (χ2n) is 8.77. The van der Waals surface area contributed by atoms with E-state index in [-0.39, 0.29) is 11.5 Å². The van der Waals surface area contributed by atoms with Crippen molar-refractivity contribution in [2.24, 2.45) is 4.99 Å². The highest BCUT2D eigenvalue weighted by Crippen LogP contribution is 2.33. The van der Waals surface area contributed by atoms with Crippen LogP contribution in [0.2, 0.25) is 0 Å². The van der Waals surface area contributed by atoms with Crippen molar-refractivity contribution in [1.29, 1.82) is 0 Å². The summed E-state index contributed by atoms with van der Waals surface area (Å²) in [5, 5.41) is 9.59. The molecule has 0 saturated carbocycles. The van der Waals surface area contributed by atoms with Gasteiger partial charge in [-0.15, -0.1) is 11.3 Å². The first-order valence-corrected chi connectivity index (χ1v) is 13.5. The number of carbonyl (C=O) groups is 1. The van der Waals surface area contributed by atoms with E-state index in [1.807, 2.05) is 87.2 Å². The fourth-order valence-electron chi connectivity index (χ4n) is 4.59. The Balaban J connectivity index is 1.66. The predicted molar refractivity (Wildman–Crippen MR) is 145 cm³/mol. The predicted octanol–water partition coefficient (Wildman–Crippen LogP) is 4.08. The molecule has 0 saturated heterocycles. The average Bonchev–Trinajstić information content (AvgIpc) is 3.55. The molecule has 184 valence electrons. The summed E-state index contributed by atoms with van der Waals surface area (Å²) in [6.07, 6.45) is 1.91. The van der Waals surface area contributed by atoms with Crippen LogP contribution < -0.4 is 20.2 Å². The standard InChI is InChI=1S/C27H27N5O2S2/c1-6-31-18(5)19(16(3)30-31)14-22-26(34)32-24(21-12-9-13-35-21)23(17(4)28-27(32)36-22)25(33)29-20-11-8-7-10-15(20)2/h7-14,24H,6H2,1-5H3,(H,29,33)/b22-14-/t24-/m0/s1. The normalized spacial score (nSPS) is 15.7. The highest BCUT2D eigenvalue weighted by Gasteiger charge is 2.33. The van der Waals surface area contributed by atoms with Crippen molar-refractivity contribution in [3.05, 3.63) is 100 Å². The van der Waals surface area contributed by atoms with Crippen LogP contribution in [-0.2, 0) is 11.3 Å². The number of thiazole rings is 1. The largest absolute Gasteiger partial charge is 0.322 e. The van der Waals surface area contributed by atoms with Crippen LogP contribution in [0.25, 0.3) is 6.08 Å². The summed E-state index contributed by atoms with van der Waals surface area (Å²) in [5.41, 5.74) is 5.48. The van der Waals surface area contributed by atoms with E-state index in [0.717, 1.165) is 39.6 Å². The Morgan fingerprint density at radius 3 is 2.58 bits per heavy atom. The molecule has 4 aromatic rings. The van der Waals surface area contributed by atoms with Gasteiger partial charge in [-0.25, -0.2) is 4.99 Å². The Morgan fingerprint density at radius 1 is 1.14 bits per heavy atom. The zero-order valence-electron chi connectivity index (χ0n) is 20.8. The number of fused-ring (bicyclic) bond motifs is 1. The Hall–Kier alpha value is -3.56. The molecule has 1 amide bonds. The summed E-state index contributed by atoms with van der Waals surface area (Å²) < 4.78 is 4.17. The molecule has 1 aromatic carbocycles. The number of hydrogen-bond donors (Lipinski definition) is 1. The molecule has 0 unspecified atom stereocenters. The Kier molecular flexibility index (Phi) is 6.36. The monoisotopic (exact) mass is 517 g/mol. The second kappa shape index (κ2) is 9.48. The summed E-state index contributed by atoms with van der Waals surface area (Å²) in [5.74, 6) is -0.255. The minimum Gasteiger partial charge on any atom is -0.322 e. The van der Waals surface area contributed by atoms with Gasteiger partial charge >= 0.3 is 0 Å². The number of aryl methyl sites for hydroxylation is 3. The third-order valence-corrected chi connectivity index (χ3v) is 8.39. The number of nitrogens with zero attached hydrogens (tertiary/aromatic N) is 4. The first kappa shape index (κ1) is 24.1. The lowest BCUT2D eigenvalue weighted by Crippen LogP contribution is -2.40. The van der Waals surface area contributed by atoms with Gasteiger partial charge in [0.1, 0.15) is 6.04 Å². The van der Waals surface area contributed by atoms with E-state index < -0.39 is 6.04 Å². The number of anilines is 1. The zero-order valence-corrected chi connectivity index (χ0v) is 22.5. The van der Waals surface area contributed by atoms with Gasteiger partial charge in [-0.3, -0.25) is 18.8 Å². The van der Waals surface area contributed by atoms with Gasteiger partial charge in [0.15, 0.2) is 4.80 Å². The quantitative estimate of drug-likeness (QED) is 0.433. The fourth-order valence-corrected chi connectivity index (χ4v) is 6.44. The minimum atomic E-state index is -0.548. The van der Waals surface area contributed by atoms with Crippen LogP contribution in [0.1, 0.15) is 47.3 Å². The second-order valence-corrected chi connectivity index (χ2v) is 10.8. The van der Waals surface area contributed by atoms with Crippen molar-refractivity contribution in [2.45, 2.75) is 47.2 Å². The number of carbonyl (C=O) groups excluding carboxylic acids is 1. The lowest BCUT2D eigenvalue weighted by molar-refractivity contribution is -0.113. The molecule has 3 aromatic heterocycles. The van der Waals surface area contributed by atoms with Gasteiger partial charge in [0.25, 0.3) is 11.5 Å². The molecule has 0 spiro atoms. The van der Waals surface area contributed by atoms with Gasteiger partial charge in [-0.1, -0.05) is 35.6 Å². The van der Waals surface area contributed by atoms with E-state index in [1.54, 1.807) is 4.57 Å². The third kappa shape index (κ3) is 4.08. The van der Waals surface area contributed by atoms with Crippen LogP contribution in [0.4, 0.5) is 5.69 Å². The number of amides is 1. The summed E-state index contributed by atoms with van der Waals surface area (Å²) in [4.78, 5) is 33.7. The van der Waals surface area contributed by atoms with Crippen molar-refractivity contribution in [3.63, 3.8) is 0 Å². The fraction of sp³-hybridized carbons (Fsp3) is 0.259. The van der Waals surface area contributed by atoms with Crippen molar-refractivity contribution < 1.29 is 4.79 Å². The molecule has 7 nitrogen and oxygen atoms in total. The molecule has 0 radical (unpaired) electrons. The summed E-state index contributed by atoms with van der Waals surface area (Å²) in [7, 11) is 0. The van der Waals surface area contributed by atoms with Gasteiger partial charge in [0.2, 0.25) is 0 Å². The lowest BCUT2D eigenvalue weighted by atomic mass is 10.0. The molecule has 1 aliphatic heterocycles. The van der Waals surface area contributed by atoms with Crippen molar-refractivity contribution >= 4 is 40.3 Å². The zero-order chi connectivity index (χ0) is 25.6. The first-order chi connectivity index (χ1) is 17.3. The lowest BCUT2D eigenvalue weighted by Gasteiger charge is -2.24. The molecule has 36 heavy (non-hydrogen) atoms. The van der Waals surface area contributed by atoms with Crippen LogP contribution in [0, 0.1) is 20.8 Å². The number of rotatable bonds is 5. The number of thiophene rings is 1. The van der Waals surface area contributed by atoms with Crippen molar-refractivity contribution in [1.82, 2.24) is 14.3 Å². The van der Waals surface area contributed by atoms with Gasteiger partial charge in [0, 0.05) is 28.4 Å². The highest BCUT2D eigenvalue weighted by molar-refractivity contribution is 7.10. The van der Waals surface area contributed by atoms with Gasteiger partial charge in [0.05, 0.1) is 21.5 Å². The molecule has 1 atom stereocenters. The third-order valence-electron chi connectivity index (χ3n) is 6.48. The number of para-hydroxylation sites is 1. The SMILES string of the molecule is CCn1nc(C)c(/C=c2\sc3n(c2=O)[C@@H](c2cccs2)C(C(=O)Nc2ccccc2C)=C(C)N=3)c1C. The number of allylic oxidation sites excluding steroid dienone is 1. The first-order valence-electron chi connectivity index (χ1n) is 11.8. The molecule has 0 fully saturated rings. The summed E-state index contributed by atoms with van der Waals surface area (Å²) in [6.45, 7) is 10.6. The molecule has 9 heteroatoms. The van der Waals surface area contributed by atoms with Crippen molar-refractivity contribution in [2.75, 3.05) is 5.32 Å². The minimum absolute atomic E-state index is 0.158. The highest BCUT2D eigenvalue weighted by atomic mass is 32.1. The Bertz CT molecular complexity index is 1690. The molecule has 0 bridgehead atoms. The molecule has 5 rings (SSSR count). The number of aromatic nitrogens is 3. The van der Waals surface area contributed by atoms with E-state index in [4.69, 9.17) is 4.99 Å². The maximum absolute atomic E-state index is 13.8. The topological polar surface area (TPSA) is 81.3 Å². The van der Waals surface area contributed by atoms with Crippen LogP contribution in [0.5, 0.6) is 0 Å². The van der Waals surface area contributed by atoms with E-state index >= 15 is 0 Å². The molecule has 4 heterocycles.